The van der Waals surface area contributed by atoms with Gasteiger partial charge in [0.25, 0.3) is 0 Å². The zero-order valence-electron chi connectivity index (χ0n) is 43.3. The Labute approximate surface area is 409 Å². The molecule has 7 aromatic rings. The van der Waals surface area contributed by atoms with Crippen LogP contribution in [0.15, 0.2) is 121 Å². The zero-order chi connectivity index (χ0) is 47.9. The molecule has 1 N–H and O–H groups in total. The first-order chi connectivity index (χ1) is 32.0. The van der Waals surface area contributed by atoms with Crippen LogP contribution in [0, 0.1) is 6.92 Å². The highest BCUT2D eigenvalue weighted by Crippen LogP contribution is 2.54. The Balaban J connectivity index is 1.21. The highest BCUT2D eigenvalue weighted by atomic mass is 15.2. The van der Waals surface area contributed by atoms with Crippen molar-refractivity contribution in [1.29, 1.82) is 0 Å². The summed E-state index contributed by atoms with van der Waals surface area (Å²) >= 11 is 0. The second-order valence-electron chi connectivity index (χ2n) is 25.3. The van der Waals surface area contributed by atoms with E-state index in [9.17, 15) is 0 Å². The molecule has 0 bridgehead atoms. The summed E-state index contributed by atoms with van der Waals surface area (Å²) in [5.74, 6) is 0. The van der Waals surface area contributed by atoms with Gasteiger partial charge >= 0.3 is 0 Å². The summed E-state index contributed by atoms with van der Waals surface area (Å²) in [6.45, 7) is 32.0. The van der Waals surface area contributed by atoms with Crippen molar-refractivity contribution in [2.24, 2.45) is 0 Å². The summed E-state index contributed by atoms with van der Waals surface area (Å²) in [5, 5.41) is 6.62. The number of aryl methyl sites for hydroxylation is 1. The Morgan fingerprint density at radius 1 is 0.441 bits per heavy atom. The van der Waals surface area contributed by atoms with Crippen LogP contribution < -0.4 is 21.1 Å². The Hall–Kier alpha value is -5.54. The van der Waals surface area contributed by atoms with E-state index < -0.39 is 0 Å². The zero-order valence-corrected chi connectivity index (χ0v) is 43.3. The van der Waals surface area contributed by atoms with Crippen LogP contribution in [0.1, 0.15) is 161 Å². The second-order valence-corrected chi connectivity index (χ2v) is 25.3. The van der Waals surface area contributed by atoms with E-state index in [-0.39, 0.29) is 32.5 Å². The SMILES string of the molecule is Cc1cc2c(cc1N1c3cc4c(cc3[B]c3c(-c5cc6c(cc5Nc5ccc(-c7ccccc7)cc5)C(C)(C)CCC6(C)C)cc5ccccc5c31)C(C)(C)CCC4(C)C)C(C)(C)CCC2(C)C. The molecule has 0 amide bonds. The fourth-order valence-corrected chi connectivity index (χ4v) is 12.8. The molecule has 0 atom stereocenters. The Bertz CT molecular complexity index is 3150. The molecule has 3 heteroatoms. The minimum absolute atomic E-state index is 0.0347. The summed E-state index contributed by atoms with van der Waals surface area (Å²) in [6.07, 6.45) is 7.05. The quantitative estimate of drug-likeness (QED) is 0.173. The lowest BCUT2D eigenvalue weighted by Gasteiger charge is -2.46. The van der Waals surface area contributed by atoms with Gasteiger partial charge in [0, 0.05) is 39.4 Å². The van der Waals surface area contributed by atoms with E-state index in [4.69, 9.17) is 0 Å². The van der Waals surface area contributed by atoms with Gasteiger partial charge in [-0.15, -0.1) is 0 Å². The monoisotopic (exact) mass is 892 g/mol. The smallest absolute Gasteiger partial charge is 0.197 e. The first kappa shape index (κ1) is 44.9. The van der Waals surface area contributed by atoms with Gasteiger partial charge in [-0.2, -0.15) is 0 Å². The molecule has 1 aliphatic heterocycles. The third-order valence-corrected chi connectivity index (χ3v) is 17.8. The Morgan fingerprint density at radius 2 is 0.912 bits per heavy atom. The molecule has 0 unspecified atom stereocenters. The van der Waals surface area contributed by atoms with Crippen molar-refractivity contribution < 1.29 is 0 Å². The average Bonchev–Trinajstić information content (AvgIpc) is 3.30. The van der Waals surface area contributed by atoms with Crippen LogP contribution in [0.5, 0.6) is 0 Å². The summed E-state index contributed by atoms with van der Waals surface area (Å²) < 4.78 is 0. The molecule has 4 aliphatic rings. The molecule has 0 saturated heterocycles. The van der Waals surface area contributed by atoms with Gasteiger partial charge in [0.1, 0.15) is 0 Å². The first-order valence-corrected chi connectivity index (χ1v) is 25.7. The molecule has 0 spiro atoms. The normalized spacial score (nSPS) is 19.7. The van der Waals surface area contributed by atoms with Crippen LogP contribution in [0.25, 0.3) is 33.0 Å². The minimum atomic E-state index is 0.0347. The van der Waals surface area contributed by atoms with Crippen LogP contribution >= 0.6 is 0 Å². The van der Waals surface area contributed by atoms with Crippen molar-refractivity contribution >= 4 is 57.4 Å². The maximum atomic E-state index is 4.08. The summed E-state index contributed by atoms with van der Waals surface area (Å²) in [6, 6.07) is 47.0. The first-order valence-electron chi connectivity index (χ1n) is 25.7. The third-order valence-electron chi connectivity index (χ3n) is 17.8. The van der Waals surface area contributed by atoms with Gasteiger partial charge in [-0.25, -0.2) is 0 Å². The third kappa shape index (κ3) is 7.19. The van der Waals surface area contributed by atoms with Gasteiger partial charge < -0.3 is 10.2 Å². The molecule has 2 nitrogen and oxygen atoms in total. The molecular formula is C65H72BN2. The van der Waals surface area contributed by atoms with E-state index in [2.05, 4.69) is 229 Å². The molecule has 1 radical (unpaired) electrons. The van der Waals surface area contributed by atoms with Gasteiger partial charge in [0.15, 0.2) is 7.28 Å². The molecule has 1 heterocycles. The second kappa shape index (κ2) is 15.2. The number of rotatable bonds is 5. The molecule has 11 rings (SSSR count). The van der Waals surface area contributed by atoms with Crippen molar-refractivity contribution in [3.63, 3.8) is 0 Å². The van der Waals surface area contributed by atoms with Crippen LogP contribution in [-0.2, 0) is 32.5 Å². The fraction of sp³-hybridized carbons (Fsp3) is 0.385. The summed E-state index contributed by atoms with van der Waals surface area (Å²) in [5.41, 5.74) is 24.4. The molecule has 3 aliphatic carbocycles. The topological polar surface area (TPSA) is 15.3 Å². The molecule has 345 valence electrons. The van der Waals surface area contributed by atoms with Gasteiger partial charge in [0.05, 0.1) is 0 Å². The number of fused-ring (bicyclic) bond motifs is 7. The van der Waals surface area contributed by atoms with E-state index in [0.717, 1.165) is 24.2 Å². The number of hydrogen-bond acceptors (Lipinski definition) is 2. The molecule has 0 saturated carbocycles. The predicted octanol–water partition coefficient (Wildman–Crippen LogP) is 16.7. The van der Waals surface area contributed by atoms with Crippen LogP contribution in [-0.4, -0.2) is 7.28 Å². The lowest BCUT2D eigenvalue weighted by molar-refractivity contribution is 0.331. The number of benzene rings is 7. The van der Waals surface area contributed by atoms with Crippen molar-refractivity contribution in [1.82, 2.24) is 0 Å². The van der Waals surface area contributed by atoms with Crippen LogP contribution in [0.2, 0.25) is 0 Å². The molecular weight excluding hydrogens is 820 g/mol. The predicted molar refractivity (Wildman–Crippen MR) is 295 cm³/mol. The summed E-state index contributed by atoms with van der Waals surface area (Å²) in [7, 11) is 2.58. The van der Waals surface area contributed by atoms with E-state index in [1.165, 1.54) is 126 Å². The van der Waals surface area contributed by atoms with Crippen LogP contribution in [0.4, 0.5) is 28.4 Å². The fourth-order valence-electron chi connectivity index (χ4n) is 12.8. The lowest BCUT2D eigenvalue weighted by Crippen LogP contribution is -2.44. The van der Waals surface area contributed by atoms with Gasteiger partial charge in [-0.3, -0.25) is 0 Å². The van der Waals surface area contributed by atoms with Crippen molar-refractivity contribution in [3.05, 3.63) is 160 Å². The minimum Gasteiger partial charge on any atom is -0.355 e. The van der Waals surface area contributed by atoms with Gasteiger partial charge in [-0.05, 0) is 187 Å². The number of anilines is 5. The highest BCUT2D eigenvalue weighted by molar-refractivity contribution is 6.74. The van der Waals surface area contributed by atoms with E-state index in [1.54, 1.807) is 0 Å². The van der Waals surface area contributed by atoms with Crippen molar-refractivity contribution in [2.75, 3.05) is 10.2 Å². The average molecular weight is 892 g/mol. The van der Waals surface area contributed by atoms with Crippen molar-refractivity contribution in [2.45, 2.75) is 161 Å². The largest absolute Gasteiger partial charge is 0.355 e. The highest BCUT2D eigenvalue weighted by Gasteiger charge is 2.43. The Morgan fingerprint density at radius 3 is 1.50 bits per heavy atom. The van der Waals surface area contributed by atoms with Crippen molar-refractivity contribution in [3.8, 4) is 22.3 Å². The molecule has 0 aromatic heterocycles. The maximum Gasteiger partial charge on any atom is 0.197 e. The molecule has 7 aromatic carbocycles. The van der Waals surface area contributed by atoms with E-state index in [0.29, 0.717) is 0 Å². The lowest BCUT2D eigenvalue weighted by atomic mass is 9.54. The number of nitrogens with one attached hydrogen (secondary N) is 1. The molecule has 68 heavy (non-hydrogen) atoms. The van der Waals surface area contributed by atoms with Gasteiger partial charge in [-0.1, -0.05) is 167 Å². The molecule has 0 fully saturated rings. The summed E-state index contributed by atoms with van der Waals surface area (Å²) in [4.78, 5) is 2.72. The number of nitrogens with zero attached hydrogens (tertiary/aromatic N) is 1. The standard InChI is InChI=1S/C65H72BN2/c1-40-33-48-52(64(10,11)31-27-60(48,2)3)38-56(40)68-57-39-53-50(62(6,7)29-32-65(53,12)13)36-54(57)66-58-47(34-43-21-17-18-22-45(43)59(58)68)46-35-49-51(63(8,9)30-28-61(49,4)5)37-55(46)67-44-25-23-42(24-26-44)41-19-15-14-16-20-41/h14-26,33-39,67H,27-32H2,1-13H3. The van der Waals surface area contributed by atoms with E-state index in [1.807, 2.05) is 0 Å². The van der Waals surface area contributed by atoms with Gasteiger partial charge in [0.2, 0.25) is 0 Å². The van der Waals surface area contributed by atoms with E-state index >= 15 is 0 Å². The Kier molecular flexibility index (Phi) is 10.1. The number of hydrogen-bond donors (Lipinski definition) is 1. The maximum absolute atomic E-state index is 4.08. The van der Waals surface area contributed by atoms with Crippen LogP contribution in [0.3, 0.4) is 0 Å².